The minimum absolute atomic E-state index is 0.0565. The molecule has 0 saturated heterocycles. The van der Waals surface area contributed by atoms with Gasteiger partial charge in [0.05, 0.1) is 5.69 Å². The maximum Gasteiger partial charge on any atom is 0.276 e. The van der Waals surface area contributed by atoms with Crippen LogP contribution in [0, 0.1) is 0 Å². The van der Waals surface area contributed by atoms with Crippen LogP contribution in [0.3, 0.4) is 0 Å². The van der Waals surface area contributed by atoms with Gasteiger partial charge in [-0.15, -0.1) is 0 Å². The second kappa shape index (κ2) is 6.91. The molecule has 0 saturated carbocycles. The average molecular weight is 354 g/mol. The second-order valence-corrected chi connectivity index (χ2v) is 6.07. The third-order valence-corrected chi connectivity index (χ3v) is 4.03. The van der Waals surface area contributed by atoms with Gasteiger partial charge in [-0.2, -0.15) is 5.10 Å². The first-order chi connectivity index (χ1) is 11.9. The van der Waals surface area contributed by atoms with Crippen molar-refractivity contribution < 1.29 is 9.59 Å². The number of rotatable bonds is 4. The van der Waals surface area contributed by atoms with Gasteiger partial charge in [-0.1, -0.05) is 35.9 Å². The highest BCUT2D eigenvalue weighted by molar-refractivity contribution is 6.30. The standard InChI is InChI=1S/C19H16ClN3O2/c1-12(24)14-4-3-5-16(10-14)21-19(25)17-11-18(23(2)22-17)13-6-8-15(20)9-7-13/h3-11H,1-2H3,(H,21,25). The summed E-state index contributed by atoms with van der Waals surface area (Å²) < 4.78 is 1.64. The molecule has 0 aliphatic heterocycles. The fraction of sp³-hybridized carbons (Fsp3) is 0.105. The van der Waals surface area contributed by atoms with Crippen molar-refractivity contribution in [3.8, 4) is 11.3 Å². The van der Waals surface area contributed by atoms with Crippen LogP contribution in [0.25, 0.3) is 11.3 Å². The van der Waals surface area contributed by atoms with E-state index in [4.69, 9.17) is 11.6 Å². The van der Waals surface area contributed by atoms with Gasteiger partial charge in [0.15, 0.2) is 11.5 Å². The van der Waals surface area contributed by atoms with Gasteiger partial charge in [-0.05, 0) is 42.8 Å². The van der Waals surface area contributed by atoms with E-state index < -0.39 is 0 Å². The highest BCUT2D eigenvalue weighted by Crippen LogP contribution is 2.22. The highest BCUT2D eigenvalue weighted by atomic mass is 35.5. The topological polar surface area (TPSA) is 64.0 Å². The van der Waals surface area contributed by atoms with Gasteiger partial charge in [-0.25, -0.2) is 0 Å². The lowest BCUT2D eigenvalue weighted by Gasteiger charge is -2.04. The second-order valence-electron chi connectivity index (χ2n) is 5.64. The number of ketones is 1. The van der Waals surface area contributed by atoms with Gasteiger partial charge in [0, 0.05) is 23.3 Å². The van der Waals surface area contributed by atoms with E-state index in [1.165, 1.54) is 6.92 Å². The van der Waals surface area contributed by atoms with Crippen LogP contribution in [-0.4, -0.2) is 21.5 Å². The Bertz CT molecular complexity index is 946. The molecular formula is C19H16ClN3O2. The summed E-state index contributed by atoms with van der Waals surface area (Å²) >= 11 is 5.91. The molecule has 1 aromatic heterocycles. The number of carbonyl (C=O) groups is 2. The smallest absolute Gasteiger partial charge is 0.276 e. The minimum Gasteiger partial charge on any atom is -0.321 e. The van der Waals surface area contributed by atoms with E-state index in [0.717, 1.165) is 11.3 Å². The summed E-state index contributed by atoms with van der Waals surface area (Å²) in [6.45, 7) is 1.48. The maximum atomic E-state index is 12.5. The molecule has 2 aromatic carbocycles. The summed E-state index contributed by atoms with van der Waals surface area (Å²) in [6.07, 6.45) is 0. The number of benzene rings is 2. The van der Waals surface area contributed by atoms with Crippen LogP contribution in [0.15, 0.2) is 54.6 Å². The summed E-state index contributed by atoms with van der Waals surface area (Å²) in [6, 6.07) is 15.8. The third-order valence-electron chi connectivity index (χ3n) is 3.78. The molecule has 0 spiro atoms. The Labute approximate surface area is 150 Å². The molecule has 0 atom stereocenters. The zero-order chi connectivity index (χ0) is 18.0. The Morgan fingerprint density at radius 3 is 2.48 bits per heavy atom. The Kier molecular flexibility index (Phi) is 4.67. The molecule has 3 rings (SSSR count). The summed E-state index contributed by atoms with van der Waals surface area (Å²) in [7, 11) is 1.77. The van der Waals surface area contributed by atoms with Gasteiger partial charge >= 0.3 is 0 Å². The van der Waals surface area contributed by atoms with E-state index in [0.29, 0.717) is 22.0 Å². The van der Waals surface area contributed by atoms with Crippen molar-refractivity contribution >= 4 is 29.0 Å². The molecule has 1 amide bonds. The lowest BCUT2D eigenvalue weighted by molar-refractivity contribution is 0.100. The quantitative estimate of drug-likeness (QED) is 0.715. The number of carbonyl (C=O) groups excluding carboxylic acids is 2. The van der Waals surface area contributed by atoms with Crippen molar-refractivity contribution in [2.24, 2.45) is 7.05 Å². The van der Waals surface area contributed by atoms with Crippen molar-refractivity contribution in [2.45, 2.75) is 6.92 Å². The number of hydrogen-bond acceptors (Lipinski definition) is 3. The number of halogens is 1. The molecule has 0 fully saturated rings. The zero-order valence-electron chi connectivity index (χ0n) is 13.8. The molecule has 3 aromatic rings. The fourth-order valence-electron chi connectivity index (χ4n) is 2.48. The van der Waals surface area contributed by atoms with E-state index in [2.05, 4.69) is 10.4 Å². The monoisotopic (exact) mass is 353 g/mol. The van der Waals surface area contributed by atoms with Crippen molar-refractivity contribution in [3.05, 3.63) is 70.9 Å². The summed E-state index contributed by atoms with van der Waals surface area (Å²) in [5.41, 5.74) is 3.11. The first kappa shape index (κ1) is 16.9. The van der Waals surface area contributed by atoms with Gasteiger partial charge in [0.1, 0.15) is 0 Å². The van der Waals surface area contributed by atoms with Crippen molar-refractivity contribution in [1.29, 1.82) is 0 Å². The Morgan fingerprint density at radius 2 is 1.80 bits per heavy atom. The van der Waals surface area contributed by atoms with Crippen molar-refractivity contribution in [2.75, 3.05) is 5.32 Å². The van der Waals surface area contributed by atoms with Crippen LogP contribution < -0.4 is 5.32 Å². The number of aryl methyl sites for hydroxylation is 1. The van der Waals surface area contributed by atoms with Gasteiger partial charge < -0.3 is 5.32 Å². The number of aromatic nitrogens is 2. The molecule has 1 heterocycles. The number of nitrogens with one attached hydrogen (secondary N) is 1. The zero-order valence-corrected chi connectivity index (χ0v) is 14.5. The molecule has 0 aliphatic carbocycles. The molecule has 0 bridgehead atoms. The lowest BCUT2D eigenvalue weighted by atomic mass is 10.1. The van der Waals surface area contributed by atoms with Gasteiger partial charge in [0.2, 0.25) is 0 Å². The largest absolute Gasteiger partial charge is 0.321 e. The van der Waals surface area contributed by atoms with Crippen LogP contribution in [0.5, 0.6) is 0 Å². The molecule has 1 N–H and O–H groups in total. The molecular weight excluding hydrogens is 338 g/mol. The molecule has 0 unspecified atom stereocenters. The van der Waals surface area contributed by atoms with Crippen LogP contribution in [-0.2, 0) is 7.05 Å². The van der Waals surface area contributed by atoms with Gasteiger partial charge in [-0.3, -0.25) is 14.3 Å². The van der Waals surface area contributed by atoms with E-state index >= 15 is 0 Å². The molecule has 5 nitrogen and oxygen atoms in total. The third kappa shape index (κ3) is 3.78. The number of hydrogen-bond donors (Lipinski definition) is 1. The number of Topliss-reactive ketones (excluding diaryl/α,β-unsaturated/α-hetero) is 1. The van der Waals surface area contributed by atoms with E-state index in [-0.39, 0.29) is 11.7 Å². The van der Waals surface area contributed by atoms with E-state index in [9.17, 15) is 9.59 Å². The molecule has 6 heteroatoms. The first-order valence-corrected chi connectivity index (χ1v) is 8.04. The summed E-state index contributed by atoms with van der Waals surface area (Å²) in [4.78, 5) is 23.9. The van der Waals surface area contributed by atoms with E-state index in [1.807, 2.05) is 12.1 Å². The predicted molar refractivity (Wildman–Crippen MR) is 98.1 cm³/mol. The van der Waals surface area contributed by atoms with E-state index in [1.54, 1.807) is 54.2 Å². The lowest BCUT2D eigenvalue weighted by Crippen LogP contribution is -2.13. The fourth-order valence-corrected chi connectivity index (χ4v) is 2.61. The van der Waals surface area contributed by atoms with Crippen LogP contribution in [0.1, 0.15) is 27.8 Å². The SMILES string of the molecule is CC(=O)c1cccc(NC(=O)c2cc(-c3ccc(Cl)cc3)n(C)n2)c1. The van der Waals surface area contributed by atoms with Crippen LogP contribution >= 0.6 is 11.6 Å². The minimum atomic E-state index is -0.337. The molecule has 0 radical (unpaired) electrons. The molecule has 126 valence electrons. The number of amides is 1. The summed E-state index contributed by atoms with van der Waals surface area (Å²) in [5, 5.41) is 7.68. The number of nitrogens with zero attached hydrogens (tertiary/aromatic N) is 2. The maximum absolute atomic E-state index is 12.5. The highest BCUT2D eigenvalue weighted by Gasteiger charge is 2.14. The normalized spacial score (nSPS) is 10.5. The molecule has 25 heavy (non-hydrogen) atoms. The Morgan fingerprint density at radius 1 is 1.08 bits per heavy atom. The summed E-state index contributed by atoms with van der Waals surface area (Å²) in [5.74, 6) is -0.393. The Hall–Kier alpha value is -2.92. The first-order valence-electron chi connectivity index (χ1n) is 7.66. The number of anilines is 1. The van der Waals surface area contributed by atoms with Crippen LogP contribution in [0.4, 0.5) is 5.69 Å². The van der Waals surface area contributed by atoms with Gasteiger partial charge in [0.25, 0.3) is 5.91 Å². The Balaban J connectivity index is 1.84. The van der Waals surface area contributed by atoms with Crippen molar-refractivity contribution in [1.82, 2.24) is 9.78 Å². The van der Waals surface area contributed by atoms with Crippen molar-refractivity contribution in [3.63, 3.8) is 0 Å². The van der Waals surface area contributed by atoms with Crippen LogP contribution in [0.2, 0.25) is 5.02 Å². The molecule has 0 aliphatic rings. The average Bonchev–Trinajstić information content (AvgIpc) is 2.98. The predicted octanol–water partition coefficient (Wildman–Crippen LogP) is 4.20.